The predicted octanol–water partition coefficient (Wildman–Crippen LogP) is 6.00. The molecule has 0 bridgehead atoms. The second-order valence-corrected chi connectivity index (χ2v) is 22.9. The van der Waals surface area contributed by atoms with Crippen LogP contribution in [-0.2, 0) is 27.9 Å². The molecule has 13 N–H and O–H groups in total. The lowest BCUT2D eigenvalue weighted by Crippen LogP contribution is -2.67. The molecule has 440 valence electrons. The largest absolute Gasteiger partial charge is 0.472 e. The maximum absolute atomic E-state index is 13.6. The number of hydrogen-bond acceptors (Lipinski definition) is 17. The first-order valence-corrected chi connectivity index (χ1v) is 30.7. The lowest BCUT2D eigenvalue weighted by atomic mass is 9.84. The first-order valence-electron chi connectivity index (χ1n) is 29.2. The van der Waals surface area contributed by atoms with Gasteiger partial charge in [0, 0.05) is 0 Å². The van der Waals surface area contributed by atoms with E-state index < -0.39 is 119 Å². The Labute approximate surface area is 443 Å². The van der Waals surface area contributed by atoms with E-state index >= 15 is 0 Å². The molecule has 19 nitrogen and oxygen atoms in total. The summed E-state index contributed by atoms with van der Waals surface area (Å²) in [5.74, 6) is -0.919. The topological polar surface area (TPSA) is 326 Å². The average Bonchev–Trinajstić information content (AvgIpc) is 3.38. The monoisotopic (exact) mass is 1090 g/mol. The van der Waals surface area contributed by atoms with Crippen LogP contribution in [0.15, 0.2) is 0 Å². The van der Waals surface area contributed by atoms with Crippen LogP contribution in [0.5, 0.6) is 0 Å². The zero-order valence-corrected chi connectivity index (χ0v) is 46.3. The summed E-state index contributed by atoms with van der Waals surface area (Å²) in [5.41, 5.74) is 0. The molecule has 2 aliphatic rings. The van der Waals surface area contributed by atoms with Crippen molar-refractivity contribution >= 4 is 13.7 Å². The smallest absolute Gasteiger partial charge is 0.394 e. The van der Waals surface area contributed by atoms with Crippen LogP contribution in [0.25, 0.3) is 0 Å². The van der Waals surface area contributed by atoms with Gasteiger partial charge in [-0.15, -0.1) is 0 Å². The normalized spacial score (nSPS) is 27.9. The lowest BCUT2D eigenvalue weighted by Gasteiger charge is -2.47. The van der Waals surface area contributed by atoms with Gasteiger partial charge in [-0.25, -0.2) is 4.57 Å². The number of aliphatic hydroxyl groups excluding tert-OH is 11. The molecular formula is C54H106NO18P. The summed E-state index contributed by atoms with van der Waals surface area (Å²) in [5, 5.41) is 119. The second kappa shape index (κ2) is 41.1. The Morgan fingerprint density at radius 3 is 1.28 bits per heavy atom. The van der Waals surface area contributed by atoms with Crippen LogP contribution in [-0.4, -0.2) is 172 Å². The summed E-state index contributed by atoms with van der Waals surface area (Å²) in [6, 6.07) is -1.58. The lowest BCUT2D eigenvalue weighted by molar-refractivity contribution is -0.338. The van der Waals surface area contributed by atoms with Crippen molar-refractivity contribution in [1.29, 1.82) is 0 Å². The molecule has 0 aromatic heterocycles. The first kappa shape index (κ1) is 69.2. The van der Waals surface area contributed by atoms with Gasteiger partial charge in [0.05, 0.1) is 25.4 Å². The summed E-state index contributed by atoms with van der Waals surface area (Å²) in [6.45, 7) is 2.59. The van der Waals surface area contributed by atoms with Gasteiger partial charge < -0.3 is 75.9 Å². The van der Waals surface area contributed by atoms with Gasteiger partial charge in [0.1, 0.15) is 73.2 Å². The maximum atomic E-state index is 13.6. The number of phosphoric acid groups is 1. The SMILES string of the molecule is CCCCCCCCCCCCCCCCCCCCCCC(O)C(=O)N[C@@H](COP(=O)(O)O[C@@H]1[C@H](O)[C@H](O)[C@@H](O)[C@H](O)[C@H]1O[C@@H]1O[C@H](CO)[C@@H](O)[C@H](O)[C@@H]1O)[C@H](O)C(O)CCCCCCCCCCCCCC. The Kier molecular flexibility index (Phi) is 38.4. The van der Waals surface area contributed by atoms with Gasteiger partial charge in [0.2, 0.25) is 5.91 Å². The van der Waals surface area contributed by atoms with Crippen molar-refractivity contribution in [1.82, 2.24) is 5.32 Å². The Morgan fingerprint density at radius 2 is 0.878 bits per heavy atom. The van der Waals surface area contributed by atoms with E-state index in [1.807, 2.05) is 0 Å². The Hall–Kier alpha value is -0.940. The predicted molar refractivity (Wildman–Crippen MR) is 282 cm³/mol. The molecule has 0 aromatic rings. The quantitative estimate of drug-likeness (QED) is 0.0245. The zero-order valence-electron chi connectivity index (χ0n) is 45.4. The average molecular weight is 1090 g/mol. The molecule has 0 aromatic carbocycles. The number of nitrogens with one attached hydrogen (secondary N) is 1. The third-order valence-electron chi connectivity index (χ3n) is 15.0. The highest BCUT2D eigenvalue weighted by molar-refractivity contribution is 7.47. The molecule has 16 atom stereocenters. The fraction of sp³-hybridized carbons (Fsp3) is 0.981. The van der Waals surface area contributed by atoms with E-state index in [0.29, 0.717) is 12.8 Å². The van der Waals surface area contributed by atoms with Crippen LogP contribution >= 0.6 is 7.82 Å². The van der Waals surface area contributed by atoms with Crippen molar-refractivity contribution in [3.63, 3.8) is 0 Å². The fourth-order valence-corrected chi connectivity index (χ4v) is 11.0. The standard InChI is InChI=1S/C54H106NO18P/c1-3-5-7-9-11-13-15-17-18-19-20-21-22-23-24-26-28-30-32-34-36-41(58)53(67)55-39(43(59)40(57)35-33-31-29-27-25-16-14-12-10-8-6-4-2)38-70-74(68,69)73-52-49(65)47(63)46(62)48(64)51(52)72-54-50(66)45(61)44(60)42(37-56)71-54/h39-52,54,56-66H,3-38H2,1-2H3,(H,55,67)(H,68,69)/t39-,40?,41?,42+,43-,44+,45-,46+,47+,48-,49+,50-,51+,52+,54-/m0/s1. The number of carbonyl (C=O) groups excluding carboxylic acids is 1. The van der Waals surface area contributed by atoms with Gasteiger partial charge in [-0.3, -0.25) is 13.8 Å². The van der Waals surface area contributed by atoms with Crippen LogP contribution in [0, 0.1) is 0 Å². The van der Waals surface area contributed by atoms with Gasteiger partial charge in [-0.1, -0.05) is 219 Å². The van der Waals surface area contributed by atoms with E-state index in [2.05, 4.69) is 19.2 Å². The van der Waals surface area contributed by atoms with E-state index in [4.69, 9.17) is 18.5 Å². The number of amides is 1. The molecule has 1 aliphatic carbocycles. The van der Waals surface area contributed by atoms with E-state index in [9.17, 15) is 70.4 Å². The van der Waals surface area contributed by atoms with Gasteiger partial charge in [-0.05, 0) is 12.8 Å². The minimum absolute atomic E-state index is 0.101. The third-order valence-corrected chi connectivity index (χ3v) is 16.0. The second-order valence-electron chi connectivity index (χ2n) is 21.5. The summed E-state index contributed by atoms with van der Waals surface area (Å²) in [7, 11) is -5.49. The summed E-state index contributed by atoms with van der Waals surface area (Å²) in [6.07, 6.45) is 10.3. The Bertz CT molecular complexity index is 1420. The molecule has 1 aliphatic heterocycles. The molecule has 2 fully saturated rings. The van der Waals surface area contributed by atoms with Crippen LogP contribution < -0.4 is 5.32 Å². The summed E-state index contributed by atoms with van der Waals surface area (Å²) in [4.78, 5) is 24.3. The molecule has 1 amide bonds. The number of hydrogen-bond donors (Lipinski definition) is 13. The highest BCUT2D eigenvalue weighted by Gasteiger charge is 2.55. The van der Waals surface area contributed by atoms with Gasteiger partial charge in [-0.2, -0.15) is 0 Å². The third kappa shape index (κ3) is 27.8. The number of ether oxygens (including phenoxy) is 2. The molecule has 1 saturated heterocycles. The van der Waals surface area contributed by atoms with Crippen LogP contribution in [0.2, 0.25) is 0 Å². The molecule has 2 rings (SSSR count). The van der Waals surface area contributed by atoms with Gasteiger partial charge in [0.25, 0.3) is 0 Å². The van der Waals surface area contributed by atoms with Crippen molar-refractivity contribution < 1.29 is 88.9 Å². The highest BCUT2D eigenvalue weighted by atomic mass is 31.2. The fourth-order valence-electron chi connectivity index (χ4n) is 10.0. The molecule has 20 heteroatoms. The molecule has 1 saturated carbocycles. The van der Waals surface area contributed by atoms with E-state index in [-0.39, 0.29) is 12.8 Å². The first-order chi connectivity index (χ1) is 35.5. The number of aliphatic hydroxyl groups is 11. The minimum atomic E-state index is -5.49. The number of carbonyl (C=O) groups is 1. The van der Waals surface area contributed by atoms with Crippen molar-refractivity contribution in [3.8, 4) is 0 Å². The zero-order chi connectivity index (χ0) is 54.7. The van der Waals surface area contributed by atoms with E-state index in [1.165, 1.54) is 135 Å². The molecule has 0 spiro atoms. The number of unbranched alkanes of at least 4 members (excludes halogenated alkanes) is 30. The molecular weight excluding hydrogens is 982 g/mol. The summed E-state index contributed by atoms with van der Waals surface area (Å²) < 4.78 is 34.8. The van der Waals surface area contributed by atoms with Gasteiger partial charge >= 0.3 is 7.82 Å². The summed E-state index contributed by atoms with van der Waals surface area (Å²) >= 11 is 0. The number of phosphoric ester groups is 1. The molecule has 3 unspecified atom stereocenters. The Morgan fingerprint density at radius 1 is 0.514 bits per heavy atom. The van der Waals surface area contributed by atoms with Crippen LogP contribution in [0.3, 0.4) is 0 Å². The highest BCUT2D eigenvalue weighted by Crippen LogP contribution is 2.48. The van der Waals surface area contributed by atoms with Crippen molar-refractivity contribution in [2.24, 2.45) is 0 Å². The minimum Gasteiger partial charge on any atom is -0.394 e. The van der Waals surface area contributed by atoms with Gasteiger partial charge in [0.15, 0.2) is 6.29 Å². The van der Waals surface area contributed by atoms with Crippen LogP contribution in [0.1, 0.15) is 232 Å². The molecule has 1 heterocycles. The maximum Gasteiger partial charge on any atom is 0.472 e. The van der Waals surface area contributed by atoms with Crippen molar-refractivity contribution in [3.05, 3.63) is 0 Å². The van der Waals surface area contributed by atoms with Crippen molar-refractivity contribution in [2.45, 2.75) is 324 Å². The van der Waals surface area contributed by atoms with Crippen LogP contribution in [0.4, 0.5) is 0 Å². The molecule has 74 heavy (non-hydrogen) atoms. The number of rotatable bonds is 46. The van der Waals surface area contributed by atoms with Crippen molar-refractivity contribution in [2.75, 3.05) is 13.2 Å². The molecule has 0 radical (unpaired) electrons. The Balaban J connectivity index is 1.93. The van der Waals surface area contributed by atoms with E-state index in [1.54, 1.807) is 0 Å². The van der Waals surface area contributed by atoms with E-state index in [0.717, 1.165) is 57.8 Å².